The van der Waals surface area contributed by atoms with E-state index < -0.39 is 5.97 Å². The Labute approximate surface area is 184 Å². The van der Waals surface area contributed by atoms with Gasteiger partial charge in [-0.25, -0.2) is 9.78 Å². The minimum atomic E-state index is -0.404. The summed E-state index contributed by atoms with van der Waals surface area (Å²) in [5.74, 6) is 1.77. The van der Waals surface area contributed by atoms with E-state index in [0.29, 0.717) is 11.6 Å². The number of esters is 1. The van der Waals surface area contributed by atoms with Crippen molar-refractivity contribution in [2.24, 2.45) is 5.92 Å². The molecule has 1 fully saturated rings. The van der Waals surface area contributed by atoms with Crippen LogP contribution in [0.3, 0.4) is 0 Å². The quantitative estimate of drug-likeness (QED) is 0.426. The number of carbonyl (C=O) groups is 1. The number of aromatic nitrogens is 1. The van der Waals surface area contributed by atoms with E-state index in [1.165, 1.54) is 38.4 Å². The number of ether oxygens (including phenoxy) is 2. The fourth-order valence-corrected chi connectivity index (χ4v) is 4.38. The highest BCUT2D eigenvalue weighted by molar-refractivity contribution is 5.94. The van der Waals surface area contributed by atoms with Crippen molar-refractivity contribution >= 4 is 16.7 Å². The van der Waals surface area contributed by atoms with Gasteiger partial charge in [0.25, 0.3) is 0 Å². The zero-order valence-electron chi connectivity index (χ0n) is 18.9. The van der Waals surface area contributed by atoms with Crippen LogP contribution in [0.25, 0.3) is 10.8 Å². The summed E-state index contributed by atoms with van der Waals surface area (Å²) in [6.07, 6.45) is 5.93. The summed E-state index contributed by atoms with van der Waals surface area (Å²) >= 11 is 0. The van der Waals surface area contributed by atoms with Gasteiger partial charge in [0.2, 0.25) is 0 Å². The number of hydrogen-bond donors (Lipinski definition) is 0. The van der Waals surface area contributed by atoms with Crippen molar-refractivity contribution in [1.82, 2.24) is 4.98 Å². The van der Waals surface area contributed by atoms with Crippen LogP contribution in [-0.2, 0) is 16.6 Å². The van der Waals surface area contributed by atoms with Crippen LogP contribution in [0.4, 0.5) is 0 Å². The smallest absolute Gasteiger partial charge is 0.356 e. The second kappa shape index (κ2) is 8.70. The summed E-state index contributed by atoms with van der Waals surface area (Å²) in [7, 11) is 1.39. The van der Waals surface area contributed by atoms with Gasteiger partial charge in [-0.3, -0.25) is 0 Å². The molecule has 0 radical (unpaired) electrons. The van der Waals surface area contributed by atoms with E-state index in [-0.39, 0.29) is 5.41 Å². The Bertz CT molecular complexity index is 1070. The molecule has 0 spiro atoms. The van der Waals surface area contributed by atoms with Crippen LogP contribution >= 0.6 is 0 Å². The molecule has 31 heavy (non-hydrogen) atoms. The molecule has 4 nitrogen and oxygen atoms in total. The Kier molecular flexibility index (Phi) is 5.99. The van der Waals surface area contributed by atoms with Crippen molar-refractivity contribution in [3.05, 3.63) is 65.5 Å². The third-order valence-corrected chi connectivity index (χ3v) is 6.19. The standard InChI is InChI=1S/C27H31NO3/c1-27(2,3)20-9-11-21(12-10-20)31-22-13-14-23-19(16-22)17-25(26(29)30-4)28-24(23)15-18-7-5-6-8-18/h9-14,16-18H,5-8,15H2,1-4H3. The first-order chi connectivity index (χ1) is 14.8. The van der Waals surface area contributed by atoms with Crippen LogP contribution in [0.5, 0.6) is 11.5 Å². The van der Waals surface area contributed by atoms with E-state index in [1.807, 2.05) is 24.3 Å². The van der Waals surface area contributed by atoms with Crippen molar-refractivity contribution in [2.45, 2.75) is 58.3 Å². The van der Waals surface area contributed by atoms with E-state index >= 15 is 0 Å². The first kappa shape index (κ1) is 21.4. The van der Waals surface area contributed by atoms with Crippen LogP contribution in [0.15, 0.2) is 48.5 Å². The summed E-state index contributed by atoms with van der Waals surface area (Å²) < 4.78 is 11.1. The molecule has 1 aromatic heterocycles. The summed E-state index contributed by atoms with van der Waals surface area (Å²) in [6.45, 7) is 6.59. The van der Waals surface area contributed by atoms with Gasteiger partial charge in [-0.2, -0.15) is 0 Å². The third-order valence-electron chi connectivity index (χ3n) is 6.19. The third kappa shape index (κ3) is 4.90. The molecule has 162 valence electrons. The molecule has 4 heteroatoms. The Morgan fingerprint density at radius 1 is 1.00 bits per heavy atom. The monoisotopic (exact) mass is 417 g/mol. The number of fused-ring (bicyclic) bond motifs is 1. The van der Waals surface area contributed by atoms with Crippen molar-refractivity contribution in [2.75, 3.05) is 7.11 Å². The fourth-order valence-electron chi connectivity index (χ4n) is 4.38. The molecule has 0 atom stereocenters. The van der Waals surface area contributed by atoms with Gasteiger partial charge < -0.3 is 9.47 Å². The van der Waals surface area contributed by atoms with Crippen molar-refractivity contribution in [1.29, 1.82) is 0 Å². The molecule has 0 unspecified atom stereocenters. The summed E-state index contributed by atoms with van der Waals surface area (Å²) in [5, 5.41) is 2.03. The molecule has 4 rings (SSSR count). The maximum atomic E-state index is 12.2. The summed E-state index contributed by atoms with van der Waals surface area (Å²) in [5.41, 5.74) is 2.71. The number of hydrogen-bond acceptors (Lipinski definition) is 4. The summed E-state index contributed by atoms with van der Waals surface area (Å²) in [6, 6.07) is 16.1. The number of benzene rings is 2. The van der Waals surface area contributed by atoms with Crippen LogP contribution in [-0.4, -0.2) is 18.1 Å². The number of nitrogens with zero attached hydrogens (tertiary/aromatic N) is 1. The van der Waals surface area contributed by atoms with Gasteiger partial charge in [0.15, 0.2) is 0 Å². The Morgan fingerprint density at radius 3 is 2.32 bits per heavy atom. The number of rotatable bonds is 5. The number of pyridine rings is 1. The molecule has 0 bridgehead atoms. The maximum Gasteiger partial charge on any atom is 0.356 e. The second-order valence-electron chi connectivity index (χ2n) is 9.56. The van der Waals surface area contributed by atoms with E-state index in [0.717, 1.165) is 34.4 Å². The minimum absolute atomic E-state index is 0.106. The van der Waals surface area contributed by atoms with Gasteiger partial charge in [-0.05, 0) is 65.1 Å². The lowest BCUT2D eigenvalue weighted by atomic mass is 9.87. The maximum absolute atomic E-state index is 12.2. The van der Waals surface area contributed by atoms with Gasteiger partial charge >= 0.3 is 5.97 Å². The topological polar surface area (TPSA) is 48.4 Å². The fraction of sp³-hybridized carbons (Fsp3) is 0.407. The second-order valence-corrected chi connectivity index (χ2v) is 9.56. The largest absolute Gasteiger partial charge is 0.464 e. The van der Waals surface area contributed by atoms with E-state index in [2.05, 4.69) is 44.0 Å². The molecule has 0 aliphatic heterocycles. The first-order valence-corrected chi connectivity index (χ1v) is 11.1. The summed E-state index contributed by atoms with van der Waals surface area (Å²) in [4.78, 5) is 16.9. The lowest BCUT2D eigenvalue weighted by molar-refractivity contribution is 0.0594. The predicted molar refractivity (Wildman–Crippen MR) is 124 cm³/mol. The van der Waals surface area contributed by atoms with Gasteiger partial charge in [-0.15, -0.1) is 0 Å². The lowest BCUT2D eigenvalue weighted by Gasteiger charge is -2.19. The molecular formula is C27H31NO3. The van der Waals surface area contributed by atoms with Crippen molar-refractivity contribution < 1.29 is 14.3 Å². The molecule has 1 heterocycles. The van der Waals surface area contributed by atoms with E-state index in [1.54, 1.807) is 6.07 Å². The van der Waals surface area contributed by atoms with Gasteiger partial charge in [-0.1, -0.05) is 58.6 Å². The molecular weight excluding hydrogens is 386 g/mol. The van der Waals surface area contributed by atoms with Gasteiger partial charge in [0.1, 0.15) is 17.2 Å². The zero-order valence-corrected chi connectivity index (χ0v) is 18.9. The van der Waals surface area contributed by atoms with Crippen LogP contribution in [0.1, 0.15) is 68.2 Å². The average Bonchev–Trinajstić information content (AvgIpc) is 3.25. The SMILES string of the molecule is COC(=O)c1cc2cc(Oc3ccc(C(C)(C)C)cc3)ccc2c(CC2CCCC2)n1. The van der Waals surface area contributed by atoms with Crippen LogP contribution in [0, 0.1) is 5.92 Å². The lowest BCUT2D eigenvalue weighted by Crippen LogP contribution is -2.10. The first-order valence-electron chi connectivity index (χ1n) is 11.1. The number of carbonyl (C=O) groups excluding carboxylic acids is 1. The molecule has 0 N–H and O–H groups in total. The Hall–Kier alpha value is -2.88. The van der Waals surface area contributed by atoms with E-state index in [4.69, 9.17) is 9.47 Å². The highest BCUT2D eigenvalue weighted by Crippen LogP contribution is 2.33. The Morgan fingerprint density at radius 2 is 1.68 bits per heavy atom. The average molecular weight is 418 g/mol. The molecule has 2 aromatic carbocycles. The molecule has 1 aliphatic carbocycles. The predicted octanol–water partition coefficient (Wildman–Crippen LogP) is 6.84. The van der Waals surface area contributed by atoms with Crippen molar-refractivity contribution in [3.63, 3.8) is 0 Å². The highest BCUT2D eigenvalue weighted by atomic mass is 16.5. The van der Waals surface area contributed by atoms with Crippen molar-refractivity contribution in [3.8, 4) is 11.5 Å². The van der Waals surface area contributed by atoms with Gasteiger partial charge in [0, 0.05) is 11.1 Å². The highest BCUT2D eigenvalue weighted by Gasteiger charge is 2.20. The molecule has 1 saturated carbocycles. The molecule has 0 saturated heterocycles. The Balaban J connectivity index is 1.66. The van der Waals surface area contributed by atoms with Crippen LogP contribution in [0.2, 0.25) is 0 Å². The zero-order chi connectivity index (χ0) is 22.0. The van der Waals surface area contributed by atoms with Crippen LogP contribution < -0.4 is 4.74 Å². The van der Waals surface area contributed by atoms with E-state index in [9.17, 15) is 4.79 Å². The molecule has 1 aliphatic rings. The molecule has 0 amide bonds. The van der Waals surface area contributed by atoms with Gasteiger partial charge in [0.05, 0.1) is 7.11 Å². The number of methoxy groups -OCH3 is 1. The molecule has 3 aromatic rings. The minimum Gasteiger partial charge on any atom is -0.464 e. The normalized spacial score (nSPS) is 14.7.